The molecule has 0 radical (unpaired) electrons. The molecule has 0 bridgehead atoms. The van der Waals surface area contributed by atoms with Crippen molar-refractivity contribution in [3.05, 3.63) is 72.9 Å². The fourth-order valence-corrected chi connectivity index (χ4v) is 3.89. The minimum Gasteiger partial charge on any atom is -0.456 e. The third kappa shape index (κ3) is 3.91. The summed E-state index contributed by atoms with van der Waals surface area (Å²) in [6.07, 6.45) is 5.92. The standard InChI is InChI=1S/C26H27NO2/c1-3-5-9-19(4-2)26(28)27-17-8-11-23(27)20-13-15-21(16-14-20)25-18-22-10-6-7-12-24(22)29-25/h6-8,10-19H,3-5,9H2,1-2H3. The van der Waals surface area contributed by atoms with Crippen LogP contribution in [0, 0.1) is 5.92 Å². The normalized spacial score (nSPS) is 12.3. The molecule has 1 atom stereocenters. The van der Waals surface area contributed by atoms with E-state index < -0.39 is 0 Å². The van der Waals surface area contributed by atoms with Crippen LogP contribution in [0.4, 0.5) is 0 Å². The van der Waals surface area contributed by atoms with Gasteiger partial charge in [-0.1, -0.05) is 69.2 Å². The van der Waals surface area contributed by atoms with Gasteiger partial charge in [-0.25, -0.2) is 0 Å². The average molecular weight is 386 g/mol. The largest absolute Gasteiger partial charge is 0.456 e. The average Bonchev–Trinajstić information content (AvgIpc) is 3.41. The van der Waals surface area contributed by atoms with E-state index in [0.29, 0.717) is 0 Å². The zero-order valence-electron chi connectivity index (χ0n) is 17.1. The van der Waals surface area contributed by atoms with Crippen LogP contribution in [-0.2, 0) is 0 Å². The third-order valence-electron chi connectivity index (χ3n) is 5.63. The molecule has 3 heteroatoms. The van der Waals surface area contributed by atoms with Crippen LogP contribution < -0.4 is 0 Å². The Balaban J connectivity index is 1.60. The van der Waals surface area contributed by atoms with Crippen molar-refractivity contribution in [3.63, 3.8) is 0 Å². The van der Waals surface area contributed by atoms with Crippen LogP contribution in [-0.4, -0.2) is 10.5 Å². The molecule has 0 spiro atoms. The zero-order valence-corrected chi connectivity index (χ0v) is 17.1. The van der Waals surface area contributed by atoms with Crippen LogP contribution >= 0.6 is 0 Å². The maximum absolute atomic E-state index is 13.1. The molecular weight excluding hydrogens is 358 g/mol. The number of carbonyl (C=O) groups is 1. The molecule has 2 heterocycles. The van der Waals surface area contributed by atoms with Crippen molar-refractivity contribution in [2.75, 3.05) is 0 Å². The molecule has 0 aliphatic carbocycles. The Morgan fingerprint density at radius 2 is 1.72 bits per heavy atom. The maximum atomic E-state index is 13.1. The molecule has 1 unspecified atom stereocenters. The summed E-state index contributed by atoms with van der Waals surface area (Å²) in [4.78, 5) is 13.1. The summed E-state index contributed by atoms with van der Waals surface area (Å²) in [6.45, 7) is 4.27. The van der Waals surface area contributed by atoms with Crippen molar-refractivity contribution in [3.8, 4) is 22.6 Å². The lowest BCUT2D eigenvalue weighted by Crippen LogP contribution is -2.21. The zero-order chi connectivity index (χ0) is 20.2. The highest BCUT2D eigenvalue weighted by Gasteiger charge is 2.20. The van der Waals surface area contributed by atoms with Gasteiger partial charge >= 0.3 is 0 Å². The van der Waals surface area contributed by atoms with E-state index in [2.05, 4.69) is 50.2 Å². The molecule has 29 heavy (non-hydrogen) atoms. The number of hydrogen-bond acceptors (Lipinski definition) is 2. The highest BCUT2D eigenvalue weighted by molar-refractivity contribution is 5.87. The summed E-state index contributed by atoms with van der Waals surface area (Å²) >= 11 is 0. The molecule has 4 aromatic rings. The van der Waals surface area contributed by atoms with Crippen LogP contribution in [0.1, 0.15) is 44.3 Å². The fraction of sp³-hybridized carbons (Fsp3) is 0.269. The van der Waals surface area contributed by atoms with Gasteiger partial charge in [0, 0.05) is 23.1 Å². The molecule has 0 aliphatic rings. The highest BCUT2D eigenvalue weighted by Crippen LogP contribution is 2.30. The molecule has 4 rings (SSSR count). The fourth-order valence-electron chi connectivity index (χ4n) is 3.89. The van der Waals surface area contributed by atoms with Crippen molar-refractivity contribution >= 4 is 16.9 Å². The van der Waals surface area contributed by atoms with Gasteiger partial charge in [-0.15, -0.1) is 0 Å². The van der Waals surface area contributed by atoms with E-state index in [0.717, 1.165) is 59.2 Å². The first-order chi connectivity index (χ1) is 14.2. The predicted octanol–water partition coefficient (Wildman–Crippen LogP) is 7.42. The molecule has 0 aliphatic heterocycles. The topological polar surface area (TPSA) is 35.1 Å². The van der Waals surface area contributed by atoms with Crippen molar-refractivity contribution in [2.45, 2.75) is 39.5 Å². The van der Waals surface area contributed by atoms with Crippen molar-refractivity contribution in [1.29, 1.82) is 0 Å². The second-order valence-electron chi connectivity index (χ2n) is 7.57. The van der Waals surface area contributed by atoms with Crippen molar-refractivity contribution in [2.24, 2.45) is 5.92 Å². The van der Waals surface area contributed by atoms with Gasteiger partial charge in [0.1, 0.15) is 11.3 Å². The van der Waals surface area contributed by atoms with Gasteiger partial charge in [0.25, 0.3) is 0 Å². The van der Waals surface area contributed by atoms with Gasteiger partial charge in [-0.3, -0.25) is 9.36 Å². The third-order valence-corrected chi connectivity index (χ3v) is 5.63. The minimum absolute atomic E-state index is 0.0796. The number of unbranched alkanes of at least 4 members (excludes halogenated alkanes) is 1. The monoisotopic (exact) mass is 385 g/mol. The molecule has 3 nitrogen and oxygen atoms in total. The van der Waals surface area contributed by atoms with Gasteiger partial charge in [0.2, 0.25) is 5.91 Å². The number of rotatable bonds is 7. The van der Waals surface area contributed by atoms with E-state index in [1.807, 2.05) is 41.1 Å². The smallest absolute Gasteiger partial charge is 0.234 e. The molecule has 0 amide bonds. The van der Waals surface area contributed by atoms with Gasteiger partial charge in [-0.2, -0.15) is 0 Å². The van der Waals surface area contributed by atoms with E-state index in [-0.39, 0.29) is 11.8 Å². The Morgan fingerprint density at radius 3 is 2.45 bits per heavy atom. The van der Waals surface area contributed by atoms with E-state index in [9.17, 15) is 4.79 Å². The van der Waals surface area contributed by atoms with Gasteiger partial charge in [-0.05, 0) is 42.7 Å². The van der Waals surface area contributed by atoms with Crippen LogP contribution in [0.3, 0.4) is 0 Å². The quantitative estimate of drug-likeness (QED) is 0.332. The van der Waals surface area contributed by atoms with E-state index >= 15 is 0 Å². The Bertz CT molecular complexity index is 1070. The van der Waals surface area contributed by atoms with E-state index in [1.165, 1.54) is 0 Å². The minimum atomic E-state index is 0.0796. The Hall–Kier alpha value is -3.07. The summed E-state index contributed by atoms with van der Waals surface area (Å²) in [5.41, 5.74) is 3.90. The number of para-hydroxylation sites is 1. The predicted molar refractivity (Wildman–Crippen MR) is 119 cm³/mol. The number of fused-ring (bicyclic) bond motifs is 1. The van der Waals surface area contributed by atoms with Gasteiger partial charge in [0.05, 0.1) is 5.69 Å². The summed E-state index contributed by atoms with van der Waals surface area (Å²) in [7, 11) is 0. The lowest BCUT2D eigenvalue weighted by molar-refractivity contribution is 0.0824. The number of carbonyl (C=O) groups excluding carboxylic acids is 1. The summed E-state index contributed by atoms with van der Waals surface area (Å²) in [5.74, 6) is 1.13. The Kier molecular flexibility index (Phi) is 5.66. The lowest BCUT2D eigenvalue weighted by Gasteiger charge is -2.16. The molecule has 0 N–H and O–H groups in total. The maximum Gasteiger partial charge on any atom is 0.234 e. The highest BCUT2D eigenvalue weighted by atomic mass is 16.3. The summed E-state index contributed by atoms with van der Waals surface area (Å²) in [5, 5.41) is 1.10. The SMILES string of the molecule is CCCCC(CC)C(=O)n1cccc1-c1ccc(-c2cc3ccccc3o2)cc1. The number of aromatic nitrogens is 1. The lowest BCUT2D eigenvalue weighted by atomic mass is 9.98. The molecule has 2 aromatic heterocycles. The van der Waals surface area contributed by atoms with Crippen molar-refractivity contribution in [1.82, 2.24) is 4.57 Å². The first kappa shape index (κ1) is 19.3. The van der Waals surface area contributed by atoms with Crippen LogP contribution in [0.2, 0.25) is 0 Å². The molecule has 148 valence electrons. The van der Waals surface area contributed by atoms with E-state index in [4.69, 9.17) is 4.42 Å². The second-order valence-corrected chi connectivity index (χ2v) is 7.57. The molecule has 0 fully saturated rings. The molecule has 0 saturated carbocycles. The molecule has 2 aromatic carbocycles. The molecule has 0 saturated heterocycles. The number of nitrogens with zero attached hydrogens (tertiary/aromatic N) is 1. The van der Waals surface area contributed by atoms with Crippen LogP contribution in [0.5, 0.6) is 0 Å². The van der Waals surface area contributed by atoms with Crippen LogP contribution in [0.15, 0.2) is 77.3 Å². The van der Waals surface area contributed by atoms with Crippen LogP contribution in [0.25, 0.3) is 33.6 Å². The summed E-state index contributed by atoms with van der Waals surface area (Å²) < 4.78 is 7.79. The Labute approximate surface area is 172 Å². The second kappa shape index (κ2) is 8.52. The summed E-state index contributed by atoms with van der Waals surface area (Å²) in [6, 6.07) is 22.3. The van der Waals surface area contributed by atoms with Gasteiger partial charge < -0.3 is 4.42 Å². The number of furan rings is 1. The van der Waals surface area contributed by atoms with E-state index in [1.54, 1.807) is 0 Å². The first-order valence-corrected chi connectivity index (χ1v) is 10.5. The van der Waals surface area contributed by atoms with Gasteiger partial charge in [0.15, 0.2) is 0 Å². The van der Waals surface area contributed by atoms with Crippen molar-refractivity contribution < 1.29 is 9.21 Å². The number of benzene rings is 2. The molecular formula is C26H27NO2. The first-order valence-electron chi connectivity index (χ1n) is 10.5. The number of hydrogen-bond donors (Lipinski definition) is 0. The Morgan fingerprint density at radius 1 is 0.966 bits per heavy atom.